The number of carbonyl (C=O) groups is 1. The van der Waals surface area contributed by atoms with Crippen LogP contribution in [0.3, 0.4) is 0 Å². The van der Waals surface area contributed by atoms with E-state index in [0.29, 0.717) is 25.6 Å². The molecule has 1 heterocycles. The van der Waals surface area contributed by atoms with E-state index in [9.17, 15) is 18.0 Å². The minimum Gasteiger partial charge on any atom is -0.356 e. The molecule has 0 aliphatic carbocycles. The molecule has 7 heteroatoms. The zero-order valence-electron chi connectivity index (χ0n) is 12.1. The van der Waals surface area contributed by atoms with Gasteiger partial charge in [0.2, 0.25) is 5.91 Å². The second-order valence-corrected chi connectivity index (χ2v) is 5.57. The summed E-state index contributed by atoms with van der Waals surface area (Å²) in [6.45, 7) is 2.73. The fraction of sp³-hybridized carbons (Fsp3) is 0.923. The Morgan fingerprint density at radius 1 is 1.45 bits per heavy atom. The third-order valence-electron chi connectivity index (χ3n) is 3.46. The van der Waals surface area contributed by atoms with Crippen LogP contribution in [0.5, 0.6) is 0 Å². The molecule has 2 atom stereocenters. The summed E-state index contributed by atoms with van der Waals surface area (Å²) in [6, 6.07) is 0.345. The van der Waals surface area contributed by atoms with Crippen molar-refractivity contribution in [1.29, 1.82) is 0 Å². The van der Waals surface area contributed by atoms with Crippen LogP contribution in [-0.2, 0) is 4.79 Å². The van der Waals surface area contributed by atoms with Crippen LogP contribution in [0.1, 0.15) is 26.2 Å². The molecule has 4 nitrogen and oxygen atoms in total. The second-order valence-electron chi connectivity index (χ2n) is 5.57. The summed E-state index contributed by atoms with van der Waals surface area (Å²) in [5, 5.41) is 6.09. The standard InChI is InChI=1S/C13H24F3N3O/c1-10-8-11(4-6-17-10)12(20)18-5-3-7-19(2)9-13(14,15)16/h10-11,17H,3-9H2,1-2H3,(H,18,20)/t10-,11-/m0/s1. The summed E-state index contributed by atoms with van der Waals surface area (Å²) in [5.74, 6) is 0.0518. The molecule has 1 fully saturated rings. The van der Waals surface area contributed by atoms with Gasteiger partial charge in [0, 0.05) is 18.5 Å². The predicted octanol–water partition coefficient (Wildman–Crippen LogP) is 1.37. The van der Waals surface area contributed by atoms with E-state index in [0.717, 1.165) is 19.4 Å². The highest BCUT2D eigenvalue weighted by Crippen LogP contribution is 2.16. The lowest BCUT2D eigenvalue weighted by atomic mass is 9.92. The number of nitrogens with zero attached hydrogens (tertiary/aromatic N) is 1. The minimum absolute atomic E-state index is 0.0248. The maximum atomic E-state index is 12.1. The van der Waals surface area contributed by atoms with Crippen molar-refractivity contribution in [2.75, 3.05) is 33.2 Å². The molecule has 0 saturated carbocycles. The molecule has 1 saturated heterocycles. The fourth-order valence-corrected chi connectivity index (χ4v) is 2.46. The topological polar surface area (TPSA) is 44.4 Å². The van der Waals surface area contributed by atoms with Crippen molar-refractivity contribution < 1.29 is 18.0 Å². The molecule has 1 aliphatic heterocycles. The molecular formula is C13H24F3N3O. The molecule has 0 aromatic heterocycles. The Morgan fingerprint density at radius 2 is 2.15 bits per heavy atom. The zero-order chi connectivity index (χ0) is 15.2. The van der Waals surface area contributed by atoms with Gasteiger partial charge in [-0.2, -0.15) is 13.2 Å². The van der Waals surface area contributed by atoms with Crippen LogP contribution in [0.2, 0.25) is 0 Å². The molecule has 0 spiro atoms. The first kappa shape index (κ1) is 17.2. The zero-order valence-corrected chi connectivity index (χ0v) is 12.1. The van der Waals surface area contributed by atoms with Gasteiger partial charge in [0.05, 0.1) is 6.54 Å². The summed E-state index contributed by atoms with van der Waals surface area (Å²) in [7, 11) is 1.43. The smallest absolute Gasteiger partial charge is 0.356 e. The van der Waals surface area contributed by atoms with E-state index in [1.165, 1.54) is 11.9 Å². The third-order valence-corrected chi connectivity index (χ3v) is 3.46. The van der Waals surface area contributed by atoms with E-state index < -0.39 is 12.7 Å². The van der Waals surface area contributed by atoms with Gasteiger partial charge >= 0.3 is 6.18 Å². The van der Waals surface area contributed by atoms with Crippen molar-refractivity contribution in [3.8, 4) is 0 Å². The monoisotopic (exact) mass is 295 g/mol. The molecule has 1 rings (SSSR count). The Hall–Kier alpha value is -0.820. The molecule has 20 heavy (non-hydrogen) atoms. The van der Waals surface area contributed by atoms with Gasteiger partial charge in [-0.25, -0.2) is 0 Å². The Bertz CT molecular complexity index is 310. The maximum absolute atomic E-state index is 12.1. The molecule has 0 radical (unpaired) electrons. The van der Waals surface area contributed by atoms with Crippen LogP contribution < -0.4 is 10.6 Å². The average molecular weight is 295 g/mol. The van der Waals surface area contributed by atoms with Crippen LogP contribution in [0.4, 0.5) is 13.2 Å². The summed E-state index contributed by atoms with van der Waals surface area (Å²) < 4.78 is 36.3. The van der Waals surface area contributed by atoms with Crippen LogP contribution in [0, 0.1) is 5.92 Å². The van der Waals surface area contributed by atoms with Gasteiger partial charge < -0.3 is 10.6 Å². The third kappa shape index (κ3) is 7.09. The van der Waals surface area contributed by atoms with E-state index in [1.54, 1.807) is 0 Å². The first-order chi connectivity index (χ1) is 9.28. The van der Waals surface area contributed by atoms with Crippen molar-refractivity contribution in [2.45, 2.75) is 38.4 Å². The van der Waals surface area contributed by atoms with Gasteiger partial charge in [0.1, 0.15) is 0 Å². The highest BCUT2D eigenvalue weighted by atomic mass is 19.4. The van der Waals surface area contributed by atoms with Crippen molar-refractivity contribution in [2.24, 2.45) is 5.92 Å². The normalized spacial score (nSPS) is 23.9. The van der Waals surface area contributed by atoms with Gasteiger partial charge in [0.15, 0.2) is 0 Å². The Labute approximate surface area is 118 Å². The van der Waals surface area contributed by atoms with E-state index in [4.69, 9.17) is 0 Å². The van der Waals surface area contributed by atoms with Crippen molar-refractivity contribution in [1.82, 2.24) is 15.5 Å². The number of halogens is 3. The number of rotatable bonds is 6. The lowest BCUT2D eigenvalue weighted by Gasteiger charge is -2.27. The largest absolute Gasteiger partial charge is 0.401 e. The average Bonchev–Trinajstić information content (AvgIpc) is 2.32. The van der Waals surface area contributed by atoms with Crippen molar-refractivity contribution in [3.05, 3.63) is 0 Å². The summed E-state index contributed by atoms with van der Waals surface area (Å²) in [5.41, 5.74) is 0. The molecule has 118 valence electrons. The maximum Gasteiger partial charge on any atom is 0.401 e. The highest BCUT2D eigenvalue weighted by Gasteiger charge is 2.29. The van der Waals surface area contributed by atoms with Gasteiger partial charge in [-0.1, -0.05) is 0 Å². The SMILES string of the molecule is C[C@H]1C[C@@H](C(=O)NCCCN(C)CC(F)(F)F)CCN1. The molecule has 2 N–H and O–H groups in total. The first-order valence-electron chi connectivity index (χ1n) is 7.04. The molecule has 0 aromatic rings. The van der Waals surface area contributed by atoms with Crippen molar-refractivity contribution >= 4 is 5.91 Å². The molecular weight excluding hydrogens is 271 g/mol. The number of hydrogen-bond donors (Lipinski definition) is 2. The van der Waals surface area contributed by atoms with Gasteiger partial charge in [-0.15, -0.1) is 0 Å². The van der Waals surface area contributed by atoms with Crippen LogP contribution in [0.15, 0.2) is 0 Å². The minimum atomic E-state index is -4.16. The van der Waals surface area contributed by atoms with Crippen LogP contribution >= 0.6 is 0 Å². The molecule has 0 bridgehead atoms. The highest BCUT2D eigenvalue weighted by molar-refractivity contribution is 5.78. The van der Waals surface area contributed by atoms with Crippen LogP contribution in [0.25, 0.3) is 0 Å². The lowest BCUT2D eigenvalue weighted by Crippen LogP contribution is -2.43. The lowest BCUT2D eigenvalue weighted by molar-refractivity contribution is -0.143. The number of hydrogen-bond acceptors (Lipinski definition) is 3. The summed E-state index contributed by atoms with van der Waals surface area (Å²) in [4.78, 5) is 13.1. The molecule has 1 amide bonds. The Morgan fingerprint density at radius 3 is 2.75 bits per heavy atom. The van der Waals surface area contributed by atoms with E-state index >= 15 is 0 Å². The summed E-state index contributed by atoms with van der Waals surface area (Å²) >= 11 is 0. The van der Waals surface area contributed by atoms with Gasteiger partial charge in [-0.05, 0) is 46.3 Å². The van der Waals surface area contributed by atoms with Crippen molar-refractivity contribution in [3.63, 3.8) is 0 Å². The van der Waals surface area contributed by atoms with Gasteiger partial charge in [0.25, 0.3) is 0 Å². The Kier molecular flexibility index (Phi) is 6.75. The molecule has 1 aliphatic rings. The summed E-state index contributed by atoms with van der Waals surface area (Å²) in [6.07, 6.45) is -1.99. The predicted molar refractivity (Wildman–Crippen MR) is 71.4 cm³/mol. The quantitative estimate of drug-likeness (QED) is 0.728. The number of amides is 1. The first-order valence-corrected chi connectivity index (χ1v) is 7.04. The van der Waals surface area contributed by atoms with Crippen LogP contribution in [-0.4, -0.2) is 56.3 Å². The van der Waals surface area contributed by atoms with E-state index in [-0.39, 0.29) is 11.8 Å². The molecule has 0 unspecified atom stereocenters. The van der Waals surface area contributed by atoms with E-state index in [1.807, 2.05) is 6.92 Å². The van der Waals surface area contributed by atoms with Gasteiger partial charge in [-0.3, -0.25) is 9.69 Å². The number of nitrogens with one attached hydrogen (secondary N) is 2. The number of piperidine rings is 1. The molecule has 0 aromatic carbocycles. The number of alkyl halides is 3. The second kappa shape index (κ2) is 7.83. The fourth-order valence-electron chi connectivity index (χ4n) is 2.46. The Balaban J connectivity index is 2.13. The van der Waals surface area contributed by atoms with E-state index in [2.05, 4.69) is 10.6 Å². The number of carbonyl (C=O) groups excluding carboxylic acids is 1.